The monoisotopic (exact) mass is 413 g/mol. The van der Waals surface area contributed by atoms with E-state index in [1.54, 1.807) is 0 Å². The van der Waals surface area contributed by atoms with Gasteiger partial charge in [0.1, 0.15) is 6.54 Å². The van der Waals surface area contributed by atoms with Crippen LogP contribution in [0.15, 0.2) is 0 Å². The molecule has 2 heterocycles. The van der Waals surface area contributed by atoms with Gasteiger partial charge in [-0.2, -0.15) is 17.5 Å². The van der Waals surface area contributed by atoms with Gasteiger partial charge >= 0.3 is 6.18 Å². The number of carbonyl (C=O) groups is 1. The van der Waals surface area contributed by atoms with Crippen LogP contribution in [0.2, 0.25) is 0 Å². The smallest absolute Gasteiger partial charge is 0.341 e. The molecule has 2 unspecified atom stereocenters. The molecule has 0 N–H and O–H groups in total. The minimum absolute atomic E-state index is 0.0436. The van der Waals surface area contributed by atoms with Gasteiger partial charge in [-0.1, -0.05) is 13.8 Å². The molecule has 10 heteroatoms. The van der Waals surface area contributed by atoms with Gasteiger partial charge in [0.25, 0.3) is 0 Å². The first-order valence-electron chi connectivity index (χ1n) is 9.39. The summed E-state index contributed by atoms with van der Waals surface area (Å²) in [6.45, 7) is 5.35. The van der Waals surface area contributed by atoms with Gasteiger partial charge < -0.3 is 4.90 Å². The highest BCUT2D eigenvalue weighted by Crippen LogP contribution is 2.25. The van der Waals surface area contributed by atoms with E-state index in [0.717, 1.165) is 25.8 Å². The van der Waals surface area contributed by atoms with Crippen LogP contribution in [0, 0.1) is 11.8 Å². The van der Waals surface area contributed by atoms with Gasteiger partial charge in [-0.25, -0.2) is 8.42 Å². The third-order valence-corrected chi connectivity index (χ3v) is 6.59. The van der Waals surface area contributed by atoms with Crippen molar-refractivity contribution in [2.75, 3.05) is 45.5 Å². The summed E-state index contributed by atoms with van der Waals surface area (Å²) in [6.07, 6.45) is -2.06. The average Bonchev–Trinajstić information content (AvgIpc) is 2.51. The van der Waals surface area contributed by atoms with Crippen molar-refractivity contribution in [3.8, 4) is 0 Å². The predicted octanol–water partition coefficient (Wildman–Crippen LogP) is 1.78. The molecule has 2 aliphatic rings. The van der Waals surface area contributed by atoms with Crippen LogP contribution in [0.4, 0.5) is 13.2 Å². The van der Waals surface area contributed by atoms with Crippen molar-refractivity contribution in [1.82, 2.24) is 14.1 Å². The number of nitrogens with zero attached hydrogens (tertiary/aromatic N) is 3. The lowest BCUT2D eigenvalue weighted by Crippen LogP contribution is -2.52. The number of carbonyl (C=O) groups excluding carboxylic acids is 1. The average molecular weight is 414 g/mol. The lowest BCUT2D eigenvalue weighted by atomic mass is 9.92. The fourth-order valence-electron chi connectivity index (χ4n) is 4.22. The second kappa shape index (κ2) is 8.65. The number of rotatable bonds is 5. The Hall–Kier alpha value is -0.870. The molecule has 6 nitrogen and oxygen atoms in total. The summed E-state index contributed by atoms with van der Waals surface area (Å²) in [4.78, 5) is 16.3. The molecule has 0 bridgehead atoms. The molecule has 2 atom stereocenters. The van der Waals surface area contributed by atoms with Crippen molar-refractivity contribution in [3.63, 3.8) is 0 Å². The number of alkyl halides is 3. The number of amides is 1. The molecule has 158 valence electrons. The highest BCUT2D eigenvalue weighted by Gasteiger charge is 2.39. The van der Waals surface area contributed by atoms with E-state index in [1.807, 2.05) is 9.80 Å². The van der Waals surface area contributed by atoms with Crippen molar-refractivity contribution in [2.45, 2.75) is 45.3 Å². The number of hydrogen-bond acceptors (Lipinski definition) is 4. The van der Waals surface area contributed by atoms with Gasteiger partial charge in [-0.05, 0) is 31.1 Å². The van der Waals surface area contributed by atoms with Crippen molar-refractivity contribution in [1.29, 1.82) is 0 Å². The quantitative estimate of drug-likeness (QED) is 0.689. The Morgan fingerprint density at radius 1 is 1.11 bits per heavy atom. The SMILES string of the molecule is CC1CC(C)CN(C(=O)CN2CCC(N(CC(F)(F)F)S(C)(=O)=O)CC2)C1. The van der Waals surface area contributed by atoms with E-state index < -0.39 is 28.8 Å². The lowest BCUT2D eigenvalue weighted by Gasteiger charge is -2.39. The van der Waals surface area contributed by atoms with Crippen LogP contribution in [0.5, 0.6) is 0 Å². The van der Waals surface area contributed by atoms with E-state index in [-0.39, 0.29) is 12.5 Å². The van der Waals surface area contributed by atoms with Gasteiger partial charge in [0.05, 0.1) is 12.8 Å². The van der Waals surface area contributed by atoms with Gasteiger partial charge in [0, 0.05) is 32.2 Å². The maximum Gasteiger partial charge on any atom is 0.402 e. The maximum absolute atomic E-state index is 12.7. The number of halogens is 3. The van der Waals surface area contributed by atoms with E-state index in [4.69, 9.17) is 0 Å². The summed E-state index contributed by atoms with van der Waals surface area (Å²) >= 11 is 0. The Balaban J connectivity index is 1.89. The molecule has 2 fully saturated rings. The summed E-state index contributed by atoms with van der Waals surface area (Å²) in [5.74, 6) is 0.977. The first-order chi connectivity index (χ1) is 12.3. The summed E-state index contributed by atoms with van der Waals surface area (Å²) in [7, 11) is -3.95. The van der Waals surface area contributed by atoms with E-state index in [9.17, 15) is 26.4 Å². The Morgan fingerprint density at radius 2 is 1.63 bits per heavy atom. The van der Waals surface area contributed by atoms with E-state index in [1.165, 1.54) is 0 Å². The van der Waals surface area contributed by atoms with Gasteiger partial charge in [-0.3, -0.25) is 9.69 Å². The summed E-state index contributed by atoms with van der Waals surface area (Å²) < 4.78 is 62.4. The van der Waals surface area contributed by atoms with Crippen LogP contribution in [-0.2, 0) is 14.8 Å². The summed E-state index contributed by atoms with van der Waals surface area (Å²) in [5, 5.41) is 0. The van der Waals surface area contributed by atoms with Gasteiger partial charge in [-0.15, -0.1) is 0 Å². The molecule has 0 spiro atoms. The minimum atomic E-state index is -4.57. The maximum atomic E-state index is 12.7. The van der Waals surface area contributed by atoms with Crippen molar-refractivity contribution >= 4 is 15.9 Å². The molecule has 2 aliphatic heterocycles. The van der Waals surface area contributed by atoms with Crippen molar-refractivity contribution in [3.05, 3.63) is 0 Å². The zero-order valence-corrected chi connectivity index (χ0v) is 17.0. The molecule has 0 saturated carbocycles. The molecule has 0 aromatic carbocycles. The Labute approximate surface area is 159 Å². The van der Waals surface area contributed by atoms with Crippen LogP contribution in [0.3, 0.4) is 0 Å². The van der Waals surface area contributed by atoms with Crippen LogP contribution < -0.4 is 0 Å². The van der Waals surface area contributed by atoms with Crippen LogP contribution >= 0.6 is 0 Å². The highest BCUT2D eigenvalue weighted by atomic mass is 32.2. The van der Waals surface area contributed by atoms with E-state index in [2.05, 4.69) is 13.8 Å². The molecule has 27 heavy (non-hydrogen) atoms. The first kappa shape index (κ1) is 22.4. The number of sulfonamides is 1. The van der Waals surface area contributed by atoms with E-state index in [0.29, 0.717) is 42.1 Å². The molecule has 2 rings (SSSR count). The molecule has 0 aliphatic carbocycles. The molecule has 0 radical (unpaired) electrons. The first-order valence-corrected chi connectivity index (χ1v) is 11.2. The van der Waals surface area contributed by atoms with Crippen LogP contribution in [0.1, 0.15) is 33.1 Å². The van der Waals surface area contributed by atoms with Crippen LogP contribution in [0.25, 0.3) is 0 Å². The number of piperidine rings is 2. The molecular formula is C17H30F3N3O3S. The van der Waals surface area contributed by atoms with Crippen molar-refractivity contribution in [2.24, 2.45) is 11.8 Å². The zero-order chi connectivity index (χ0) is 20.4. The topological polar surface area (TPSA) is 60.9 Å². The fourth-order valence-corrected chi connectivity index (χ4v) is 5.35. The second-order valence-corrected chi connectivity index (χ2v) is 10.1. The van der Waals surface area contributed by atoms with Gasteiger partial charge in [0.15, 0.2) is 0 Å². The Bertz CT molecular complexity index is 609. The van der Waals surface area contributed by atoms with Crippen LogP contribution in [-0.4, -0.2) is 86.2 Å². The number of likely N-dealkylation sites (tertiary alicyclic amines) is 2. The molecule has 1 amide bonds. The Kier molecular flexibility index (Phi) is 7.18. The molecule has 0 aromatic rings. The normalized spacial score (nSPS) is 26.6. The van der Waals surface area contributed by atoms with Gasteiger partial charge in [0.2, 0.25) is 15.9 Å². The Morgan fingerprint density at radius 3 is 2.07 bits per heavy atom. The molecule has 2 saturated heterocycles. The third kappa shape index (κ3) is 6.90. The predicted molar refractivity (Wildman–Crippen MR) is 96.6 cm³/mol. The summed E-state index contributed by atoms with van der Waals surface area (Å²) in [5.41, 5.74) is 0. The molecular weight excluding hydrogens is 383 g/mol. The lowest BCUT2D eigenvalue weighted by molar-refractivity contribution is -0.141. The summed E-state index contributed by atoms with van der Waals surface area (Å²) in [6, 6.07) is -0.678. The third-order valence-electron chi connectivity index (χ3n) is 5.31. The largest absolute Gasteiger partial charge is 0.402 e. The minimum Gasteiger partial charge on any atom is -0.341 e. The highest BCUT2D eigenvalue weighted by molar-refractivity contribution is 7.88. The van der Waals surface area contributed by atoms with E-state index >= 15 is 0 Å². The fraction of sp³-hybridized carbons (Fsp3) is 0.941. The zero-order valence-electron chi connectivity index (χ0n) is 16.2. The number of hydrogen-bond donors (Lipinski definition) is 0. The second-order valence-electron chi connectivity index (χ2n) is 8.18. The van der Waals surface area contributed by atoms with Crippen molar-refractivity contribution < 1.29 is 26.4 Å². The molecule has 0 aromatic heterocycles. The standard InChI is InChI=1S/C17H30F3N3O3S/c1-13-8-14(2)10-22(9-13)16(24)11-21-6-4-15(5-7-21)23(27(3,25)26)12-17(18,19)20/h13-15H,4-12H2,1-3H3.